The largest absolute Gasteiger partial charge is 0.492 e. The first-order chi connectivity index (χ1) is 9.02. The molecule has 0 fully saturated rings. The normalized spacial score (nSPS) is 10.6. The lowest BCUT2D eigenvalue weighted by atomic mass is 10.2. The molecule has 0 atom stereocenters. The maximum Gasteiger partial charge on any atom is 0.236 e. The molecule has 1 aromatic rings. The van der Waals surface area contributed by atoms with Crippen molar-refractivity contribution in [3.05, 3.63) is 29.8 Å². The van der Waals surface area contributed by atoms with Gasteiger partial charge in [-0.05, 0) is 24.7 Å². The van der Waals surface area contributed by atoms with Gasteiger partial charge in [-0.2, -0.15) is 0 Å². The molecule has 19 heavy (non-hydrogen) atoms. The minimum atomic E-state index is 0.0904. The number of amides is 1. The summed E-state index contributed by atoms with van der Waals surface area (Å²) < 4.78 is 5.64. The lowest BCUT2D eigenvalue weighted by molar-refractivity contribution is -0.129. The van der Waals surface area contributed by atoms with E-state index in [0.29, 0.717) is 26.2 Å². The van der Waals surface area contributed by atoms with Gasteiger partial charge in [0.15, 0.2) is 0 Å². The van der Waals surface area contributed by atoms with Crippen molar-refractivity contribution in [3.8, 4) is 5.75 Å². The molecule has 0 aliphatic rings. The molecule has 0 bridgehead atoms. The highest BCUT2D eigenvalue weighted by atomic mass is 16.5. The summed E-state index contributed by atoms with van der Waals surface area (Å²) in [6, 6.07) is 7.74. The van der Waals surface area contributed by atoms with Gasteiger partial charge in [-0.25, -0.2) is 0 Å². The Labute approximate surface area is 114 Å². The van der Waals surface area contributed by atoms with Gasteiger partial charge in [0.05, 0.1) is 6.54 Å². The molecule has 0 heterocycles. The van der Waals surface area contributed by atoms with Crippen LogP contribution in [-0.4, -0.2) is 56.5 Å². The second-order valence-electron chi connectivity index (χ2n) is 4.73. The lowest BCUT2D eigenvalue weighted by Gasteiger charge is -2.19. The van der Waals surface area contributed by atoms with Crippen LogP contribution in [0.4, 0.5) is 0 Å². The molecule has 0 radical (unpaired) electrons. The fourth-order valence-corrected chi connectivity index (χ4v) is 1.53. The molecule has 0 aliphatic heterocycles. The molecule has 1 rings (SSSR count). The average Bonchev–Trinajstić information content (AvgIpc) is 2.38. The van der Waals surface area contributed by atoms with Crippen molar-refractivity contribution in [3.63, 3.8) is 0 Å². The first kappa shape index (κ1) is 15.5. The number of carbonyl (C=O) groups is 1. The van der Waals surface area contributed by atoms with Crippen LogP contribution >= 0.6 is 0 Å². The molecule has 0 aromatic heterocycles. The average molecular weight is 265 g/mol. The molecule has 0 saturated carbocycles. The standard InChI is InChI=1S/C14H23N3O2/c1-16(2)14(18)11-17(3)7-8-19-13-6-4-5-12(9-13)10-15/h4-6,9H,7-8,10-11,15H2,1-3H3. The zero-order valence-corrected chi connectivity index (χ0v) is 11.9. The summed E-state index contributed by atoms with van der Waals surface area (Å²) in [6.07, 6.45) is 0. The molecule has 2 N–H and O–H groups in total. The SMILES string of the molecule is CN(CCOc1cccc(CN)c1)CC(=O)N(C)C. The summed E-state index contributed by atoms with van der Waals surface area (Å²) in [5, 5.41) is 0. The van der Waals surface area contributed by atoms with E-state index in [1.54, 1.807) is 19.0 Å². The minimum Gasteiger partial charge on any atom is -0.492 e. The summed E-state index contributed by atoms with van der Waals surface area (Å²) in [5.41, 5.74) is 6.62. The molecule has 5 nitrogen and oxygen atoms in total. The van der Waals surface area contributed by atoms with Crippen molar-refractivity contribution < 1.29 is 9.53 Å². The van der Waals surface area contributed by atoms with Crippen molar-refractivity contribution >= 4 is 5.91 Å². The predicted molar refractivity (Wildman–Crippen MR) is 76.0 cm³/mol. The van der Waals surface area contributed by atoms with Crippen LogP contribution in [0.15, 0.2) is 24.3 Å². The zero-order valence-electron chi connectivity index (χ0n) is 11.9. The van der Waals surface area contributed by atoms with Crippen molar-refractivity contribution in [2.45, 2.75) is 6.54 Å². The Kier molecular flexibility index (Phi) is 6.32. The van der Waals surface area contributed by atoms with Crippen LogP contribution in [0.5, 0.6) is 5.75 Å². The first-order valence-corrected chi connectivity index (χ1v) is 6.33. The van der Waals surface area contributed by atoms with E-state index in [9.17, 15) is 4.79 Å². The molecule has 0 saturated heterocycles. The second kappa shape index (κ2) is 7.76. The Morgan fingerprint density at radius 2 is 2.05 bits per heavy atom. The van der Waals surface area contributed by atoms with Crippen LogP contribution in [0.1, 0.15) is 5.56 Å². The van der Waals surface area contributed by atoms with Gasteiger partial charge in [-0.15, -0.1) is 0 Å². The number of hydrogen-bond acceptors (Lipinski definition) is 4. The number of benzene rings is 1. The Morgan fingerprint density at radius 3 is 2.68 bits per heavy atom. The van der Waals surface area contributed by atoms with Gasteiger partial charge < -0.3 is 15.4 Å². The monoisotopic (exact) mass is 265 g/mol. The zero-order chi connectivity index (χ0) is 14.3. The Balaban J connectivity index is 2.31. The van der Waals surface area contributed by atoms with Gasteiger partial charge >= 0.3 is 0 Å². The molecule has 1 aromatic carbocycles. The highest BCUT2D eigenvalue weighted by molar-refractivity contribution is 5.77. The molecule has 0 aliphatic carbocycles. The van der Waals surface area contributed by atoms with E-state index in [0.717, 1.165) is 11.3 Å². The van der Waals surface area contributed by atoms with Crippen molar-refractivity contribution in [1.29, 1.82) is 0 Å². The Morgan fingerprint density at radius 1 is 1.32 bits per heavy atom. The van der Waals surface area contributed by atoms with E-state index in [-0.39, 0.29) is 5.91 Å². The van der Waals surface area contributed by atoms with Crippen LogP contribution in [-0.2, 0) is 11.3 Å². The Bertz CT molecular complexity index is 407. The predicted octanol–water partition coefficient (Wildman–Crippen LogP) is 0.544. The molecule has 0 unspecified atom stereocenters. The number of nitrogens with two attached hydrogens (primary N) is 1. The van der Waals surface area contributed by atoms with E-state index in [2.05, 4.69) is 0 Å². The maximum atomic E-state index is 11.5. The third-order valence-electron chi connectivity index (χ3n) is 2.78. The summed E-state index contributed by atoms with van der Waals surface area (Å²) in [7, 11) is 5.41. The van der Waals surface area contributed by atoms with Gasteiger partial charge in [-0.3, -0.25) is 9.69 Å². The summed E-state index contributed by atoms with van der Waals surface area (Å²) in [6.45, 7) is 2.16. The highest BCUT2D eigenvalue weighted by Crippen LogP contribution is 2.12. The first-order valence-electron chi connectivity index (χ1n) is 6.33. The molecule has 0 spiro atoms. The summed E-state index contributed by atoms with van der Waals surface area (Å²) in [5.74, 6) is 0.905. The second-order valence-corrected chi connectivity index (χ2v) is 4.73. The third-order valence-corrected chi connectivity index (χ3v) is 2.78. The molecular formula is C14H23N3O2. The van der Waals surface area contributed by atoms with E-state index >= 15 is 0 Å². The van der Waals surface area contributed by atoms with Crippen molar-refractivity contribution in [1.82, 2.24) is 9.80 Å². The minimum absolute atomic E-state index is 0.0904. The summed E-state index contributed by atoms with van der Waals surface area (Å²) in [4.78, 5) is 15.0. The van der Waals surface area contributed by atoms with Gasteiger partial charge in [-0.1, -0.05) is 12.1 Å². The number of carbonyl (C=O) groups excluding carboxylic acids is 1. The number of ether oxygens (including phenoxy) is 1. The van der Waals surface area contributed by atoms with Gasteiger partial charge in [0.1, 0.15) is 12.4 Å². The number of likely N-dealkylation sites (N-methyl/N-ethyl adjacent to an activating group) is 2. The van der Waals surface area contributed by atoms with Crippen molar-refractivity contribution in [2.24, 2.45) is 5.73 Å². The van der Waals surface area contributed by atoms with Crippen LogP contribution in [0.25, 0.3) is 0 Å². The molecular weight excluding hydrogens is 242 g/mol. The maximum absolute atomic E-state index is 11.5. The van der Waals surface area contributed by atoms with Crippen LogP contribution in [0, 0.1) is 0 Å². The van der Waals surface area contributed by atoms with Crippen molar-refractivity contribution in [2.75, 3.05) is 40.8 Å². The van der Waals surface area contributed by atoms with E-state index in [4.69, 9.17) is 10.5 Å². The molecule has 1 amide bonds. The summed E-state index contributed by atoms with van der Waals surface area (Å²) >= 11 is 0. The molecule has 5 heteroatoms. The van der Waals surface area contributed by atoms with Crippen LogP contribution in [0.3, 0.4) is 0 Å². The van der Waals surface area contributed by atoms with E-state index in [1.807, 2.05) is 36.2 Å². The van der Waals surface area contributed by atoms with Gasteiger partial charge in [0.25, 0.3) is 0 Å². The van der Waals surface area contributed by atoms with Gasteiger partial charge in [0.2, 0.25) is 5.91 Å². The highest BCUT2D eigenvalue weighted by Gasteiger charge is 2.08. The lowest BCUT2D eigenvalue weighted by Crippen LogP contribution is -2.36. The third kappa shape index (κ3) is 5.72. The Hall–Kier alpha value is -1.59. The van der Waals surface area contributed by atoms with E-state index in [1.165, 1.54) is 0 Å². The quantitative estimate of drug-likeness (QED) is 0.782. The van der Waals surface area contributed by atoms with Gasteiger partial charge in [0, 0.05) is 27.2 Å². The number of rotatable bonds is 7. The number of nitrogens with zero attached hydrogens (tertiary/aromatic N) is 2. The van der Waals surface area contributed by atoms with E-state index < -0.39 is 0 Å². The number of hydrogen-bond donors (Lipinski definition) is 1. The van der Waals surface area contributed by atoms with Crippen LogP contribution < -0.4 is 10.5 Å². The fraction of sp³-hybridized carbons (Fsp3) is 0.500. The van der Waals surface area contributed by atoms with Crippen LogP contribution in [0.2, 0.25) is 0 Å². The fourth-order valence-electron chi connectivity index (χ4n) is 1.53. The smallest absolute Gasteiger partial charge is 0.236 e. The topological polar surface area (TPSA) is 58.8 Å². The molecule has 106 valence electrons.